The molecule has 0 saturated heterocycles. The van der Waals surface area contributed by atoms with E-state index < -0.39 is 8.07 Å². The molecule has 0 aliphatic carbocycles. The van der Waals surface area contributed by atoms with E-state index in [0.717, 1.165) is 12.5 Å². The van der Waals surface area contributed by atoms with E-state index in [1.165, 1.54) is 0 Å². The minimum atomic E-state index is -1.02. The molecule has 3 heteroatoms. The molecule has 0 bridgehead atoms. The van der Waals surface area contributed by atoms with Crippen molar-refractivity contribution in [3.63, 3.8) is 0 Å². The van der Waals surface area contributed by atoms with Gasteiger partial charge in [0.25, 0.3) is 0 Å². The van der Waals surface area contributed by atoms with Crippen molar-refractivity contribution in [1.82, 2.24) is 0 Å². The first-order chi connectivity index (χ1) is 5.45. The predicted molar refractivity (Wildman–Crippen MR) is 54.0 cm³/mol. The van der Waals surface area contributed by atoms with E-state index in [1.54, 1.807) is 0 Å². The standard InChI is InChI=1S/C9H20O2Si/c1-5-6-9(10)11-7-8-12(2,3)4/h5-8H2,1-4H3. The van der Waals surface area contributed by atoms with Gasteiger partial charge in [0, 0.05) is 14.5 Å². The summed E-state index contributed by atoms with van der Waals surface area (Å²) < 4.78 is 5.05. The second-order valence-corrected chi connectivity index (χ2v) is 9.90. The summed E-state index contributed by atoms with van der Waals surface area (Å²) in [4.78, 5) is 10.9. The van der Waals surface area contributed by atoms with E-state index in [2.05, 4.69) is 19.6 Å². The first-order valence-electron chi connectivity index (χ1n) is 4.61. The van der Waals surface area contributed by atoms with E-state index in [-0.39, 0.29) is 5.97 Å². The van der Waals surface area contributed by atoms with Crippen LogP contribution in [-0.2, 0) is 9.53 Å². The molecule has 0 aromatic heterocycles. The van der Waals surface area contributed by atoms with Crippen LogP contribution in [0.2, 0.25) is 25.7 Å². The number of carbonyl (C=O) groups excluding carboxylic acids is 1. The van der Waals surface area contributed by atoms with Crippen LogP contribution in [0.25, 0.3) is 0 Å². The Balaban J connectivity index is 3.37. The Hall–Kier alpha value is -0.313. The zero-order valence-corrected chi connectivity index (χ0v) is 9.64. The summed E-state index contributed by atoms with van der Waals surface area (Å²) >= 11 is 0. The van der Waals surface area contributed by atoms with Crippen molar-refractivity contribution >= 4 is 14.0 Å². The predicted octanol–water partition coefficient (Wildman–Crippen LogP) is 2.67. The third kappa shape index (κ3) is 7.79. The highest BCUT2D eigenvalue weighted by molar-refractivity contribution is 6.76. The SMILES string of the molecule is CCCC(=O)OCC[Si](C)(C)C. The van der Waals surface area contributed by atoms with Crippen LogP contribution in [0.4, 0.5) is 0 Å². The highest BCUT2D eigenvalue weighted by Crippen LogP contribution is 2.07. The quantitative estimate of drug-likeness (QED) is 0.490. The maximum Gasteiger partial charge on any atom is 0.305 e. The van der Waals surface area contributed by atoms with Crippen LogP contribution in [0.1, 0.15) is 19.8 Å². The summed E-state index contributed by atoms with van der Waals surface area (Å²) in [6.45, 7) is 9.44. The van der Waals surface area contributed by atoms with Crippen LogP contribution in [0.15, 0.2) is 0 Å². The molecule has 0 fully saturated rings. The average Bonchev–Trinajstić information content (AvgIpc) is 1.84. The van der Waals surface area contributed by atoms with Gasteiger partial charge in [0.15, 0.2) is 0 Å². The lowest BCUT2D eigenvalue weighted by Crippen LogP contribution is -2.22. The van der Waals surface area contributed by atoms with E-state index in [0.29, 0.717) is 13.0 Å². The maximum atomic E-state index is 10.9. The van der Waals surface area contributed by atoms with Crippen molar-refractivity contribution in [2.45, 2.75) is 45.5 Å². The minimum absolute atomic E-state index is 0.0456. The second kappa shape index (κ2) is 5.35. The van der Waals surface area contributed by atoms with Gasteiger partial charge >= 0.3 is 5.97 Å². The Labute approximate surface area is 76.3 Å². The lowest BCUT2D eigenvalue weighted by Gasteiger charge is -2.14. The summed E-state index contributed by atoms with van der Waals surface area (Å²) in [5, 5.41) is 0. The molecule has 0 rings (SSSR count). The Morgan fingerprint density at radius 3 is 2.33 bits per heavy atom. The first kappa shape index (κ1) is 11.7. The summed E-state index contributed by atoms with van der Waals surface area (Å²) in [5.41, 5.74) is 0. The van der Waals surface area contributed by atoms with Gasteiger partial charge in [0.05, 0.1) is 6.61 Å². The molecule has 0 radical (unpaired) electrons. The first-order valence-corrected chi connectivity index (χ1v) is 8.32. The van der Waals surface area contributed by atoms with Gasteiger partial charge < -0.3 is 4.74 Å². The topological polar surface area (TPSA) is 26.3 Å². The smallest absolute Gasteiger partial charge is 0.305 e. The molecule has 0 aliphatic rings. The van der Waals surface area contributed by atoms with Gasteiger partial charge in [-0.15, -0.1) is 0 Å². The summed E-state index contributed by atoms with van der Waals surface area (Å²) in [6.07, 6.45) is 1.44. The van der Waals surface area contributed by atoms with E-state index >= 15 is 0 Å². The van der Waals surface area contributed by atoms with Gasteiger partial charge in [-0.1, -0.05) is 26.6 Å². The molecule has 0 aliphatic heterocycles. The van der Waals surface area contributed by atoms with Gasteiger partial charge in [0.2, 0.25) is 0 Å². The molecular formula is C9H20O2Si. The Bertz CT molecular complexity index is 138. The van der Waals surface area contributed by atoms with Crippen molar-refractivity contribution in [1.29, 1.82) is 0 Å². The molecule has 72 valence electrons. The van der Waals surface area contributed by atoms with Gasteiger partial charge in [-0.2, -0.15) is 0 Å². The van der Waals surface area contributed by atoms with Crippen LogP contribution in [0.3, 0.4) is 0 Å². The number of hydrogen-bond donors (Lipinski definition) is 0. The van der Waals surface area contributed by atoms with Crippen molar-refractivity contribution in [2.75, 3.05) is 6.61 Å². The average molecular weight is 188 g/mol. The van der Waals surface area contributed by atoms with Crippen LogP contribution in [-0.4, -0.2) is 20.7 Å². The fourth-order valence-corrected chi connectivity index (χ4v) is 1.46. The molecule has 0 spiro atoms. The molecule has 0 aromatic carbocycles. The lowest BCUT2D eigenvalue weighted by atomic mass is 10.3. The summed E-state index contributed by atoms with van der Waals surface area (Å²) in [7, 11) is -1.02. The van der Waals surface area contributed by atoms with Gasteiger partial charge in [-0.25, -0.2) is 0 Å². The monoisotopic (exact) mass is 188 g/mol. The lowest BCUT2D eigenvalue weighted by molar-refractivity contribution is -0.143. The number of esters is 1. The van der Waals surface area contributed by atoms with Gasteiger partial charge in [-0.3, -0.25) is 4.79 Å². The van der Waals surface area contributed by atoms with E-state index in [4.69, 9.17) is 4.74 Å². The highest BCUT2D eigenvalue weighted by Gasteiger charge is 2.13. The largest absolute Gasteiger partial charge is 0.466 e. The molecule has 0 heterocycles. The number of ether oxygens (including phenoxy) is 1. The highest BCUT2D eigenvalue weighted by atomic mass is 28.3. The Morgan fingerprint density at radius 1 is 1.33 bits per heavy atom. The molecule has 12 heavy (non-hydrogen) atoms. The zero-order valence-electron chi connectivity index (χ0n) is 8.64. The maximum absolute atomic E-state index is 10.9. The molecule has 2 nitrogen and oxygen atoms in total. The van der Waals surface area contributed by atoms with E-state index in [9.17, 15) is 4.79 Å². The fraction of sp³-hybridized carbons (Fsp3) is 0.889. The molecule has 0 unspecified atom stereocenters. The third-order valence-corrected chi connectivity index (χ3v) is 3.27. The molecule has 0 N–H and O–H groups in total. The molecule has 0 atom stereocenters. The third-order valence-electron chi connectivity index (χ3n) is 1.57. The Morgan fingerprint density at radius 2 is 1.92 bits per heavy atom. The summed E-state index contributed by atoms with van der Waals surface area (Å²) in [5.74, 6) is -0.0456. The second-order valence-electron chi connectivity index (χ2n) is 4.28. The molecule has 0 aromatic rings. The summed E-state index contributed by atoms with van der Waals surface area (Å²) in [6, 6.07) is 1.07. The van der Waals surface area contributed by atoms with E-state index in [1.807, 2.05) is 6.92 Å². The molecule has 0 saturated carbocycles. The normalized spacial score (nSPS) is 11.3. The van der Waals surface area contributed by atoms with Gasteiger partial charge in [0.1, 0.15) is 0 Å². The minimum Gasteiger partial charge on any atom is -0.466 e. The number of carbonyl (C=O) groups is 1. The fourth-order valence-electron chi connectivity index (χ4n) is 0.747. The van der Waals surface area contributed by atoms with Crippen molar-refractivity contribution in [3.05, 3.63) is 0 Å². The number of hydrogen-bond acceptors (Lipinski definition) is 2. The zero-order chi connectivity index (χ0) is 9.61. The Kier molecular flexibility index (Phi) is 5.21. The van der Waals surface area contributed by atoms with Crippen molar-refractivity contribution in [2.24, 2.45) is 0 Å². The van der Waals surface area contributed by atoms with Crippen LogP contribution in [0.5, 0.6) is 0 Å². The van der Waals surface area contributed by atoms with Crippen LogP contribution in [0, 0.1) is 0 Å². The molecule has 0 amide bonds. The van der Waals surface area contributed by atoms with Crippen molar-refractivity contribution < 1.29 is 9.53 Å². The molecular weight excluding hydrogens is 168 g/mol. The van der Waals surface area contributed by atoms with Gasteiger partial charge in [-0.05, 0) is 12.5 Å². The van der Waals surface area contributed by atoms with Crippen LogP contribution >= 0.6 is 0 Å². The van der Waals surface area contributed by atoms with Crippen LogP contribution < -0.4 is 0 Å². The number of rotatable bonds is 5. The van der Waals surface area contributed by atoms with Crippen molar-refractivity contribution in [3.8, 4) is 0 Å².